The van der Waals surface area contributed by atoms with Crippen LogP contribution in [0.4, 0.5) is 13.2 Å². The Kier molecular flexibility index (Phi) is 6.14. The zero-order valence-corrected chi connectivity index (χ0v) is 12.9. The number of carboxylic acids is 1. The first-order valence-corrected chi connectivity index (χ1v) is 7.02. The van der Waals surface area contributed by atoms with E-state index in [1.807, 2.05) is 0 Å². The first kappa shape index (κ1) is 18.2. The minimum Gasteiger partial charge on any atom is -0.475 e. The molecule has 0 radical (unpaired) electrons. The molecular weight excluding hydrogens is 295 g/mol. The Morgan fingerprint density at radius 3 is 2.27 bits per heavy atom. The van der Waals surface area contributed by atoms with E-state index < -0.39 is 12.1 Å². The number of aliphatic carboxylic acids is 1. The van der Waals surface area contributed by atoms with Gasteiger partial charge in [-0.25, -0.2) is 4.79 Å². The van der Waals surface area contributed by atoms with Crippen LogP contribution in [0, 0.1) is 19.8 Å². The Balaban J connectivity index is 0.000000295. The highest BCUT2D eigenvalue weighted by molar-refractivity contribution is 6.01. The van der Waals surface area contributed by atoms with Crippen LogP contribution in [0.2, 0.25) is 0 Å². The van der Waals surface area contributed by atoms with Crippen molar-refractivity contribution in [1.82, 2.24) is 0 Å². The number of aliphatic imine (C=N–C) groups is 1. The number of carboxylic acid groups (broad SMARTS) is 1. The SMILES string of the molecule is Cc1ccc(C2=NCC(C)CC2)cc1C.O=C(O)C(F)(F)F. The number of alkyl halides is 3. The predicted molar refractivity (Wildman–Crippen MR) is 79.4 cm³/mol. The molecule has 1 aliphatic rings. The summed E-state index contributed by atoms with van der Waals surface area (Å²) in [6, 6.07) is 6.67. The quantitative estimate of drug-likeness (QED) is 0.846. The van der Waals surface area contributed by atoms with Crippen LogP contribution in [0.5, 0.6) is 0 Å². The Hall–Kier alpha value is -1.85. The highest BCUT2D eigenvalue weighted by Crippen LogP contribution is 2.19. The van der Waals surface area contributed by atoms with Crippen LogP contribution in [0.1, 0.15) is 36.5 Å². The first-order valence-electron chi connectivity index (χ1n) is 7.02. The lowest BCUT2D eigenvalue weighted by molar-refractivity contribution is -0.192. The number of hydrogen-bond donors (Lipinski definition) is 1. The van der Waals surface area contributed by atoms with E-state index in [1.165, 1.54) is 28.8 Å². The standard InChI is InChI=1S/C14H19N.C2HF3O2/c1-10-4-7-14(15-9-10)13-6-5-11(2)12(3)8-13;3-2(4,5)1(6)7/h5-6,8,10H,4,7,9H2,1-3H3;(H,6,7). The maximum absolute atomic E-state index is 10.6. The van der Waals surface area contributed by atoms with Crippen LogP contribution in [-0.2, 0) is 4.79 Å². The topological polar surface area (TPSA) is 49.7 Å². The van der Waals surface area contributed by atoms with E-state index in [0.717, 1.165) is 18.9 Å². The van der Waals surface area contributed by atoms with Crippen molar-refractivity contribution in [2.45, 2.75) is 39.8 Å². The van der Waals surface area contributed by atoms with E-state index in [9.17, 15) is 13.2 Å². The third kappa shape index (κ3) is 5.50. The van der Waals surface area contributed by atoms with E-state index in [4.69, 9.17) is 9.90 Å². The van der Waals surface area contributed by atoms with Crippen molar-refractivity contribution in [3.63, 3.8) is 0 Å². The number of carbonyl (C=O) groups is 1. The highest BCUT2D eigenvalue weighted by atomic mass is 19.4. The van der Waals surface area contributed by atoms with Gasteiger partial charge in [-0.15, -0.1) is 0 Å². The molecule has 0 saturated heterocycles. The van der Waals surface area contributed by atoms with E-state index in [2.05, 4.69) is 44.0 Å². The Labute approximate surface area is 127 Å². The fourth-order valence-corrected chi connectivity index (χ4v) is 1.98. The summed E-state index contributed by atoms with van der Waals surface area (Å²) in [5.74, 6) is -1.99. The van der Waals surface area contributed by atoms with E-state index in [1.54, 1.807) is 0 Å². The minimum absolute atomic E-state index is 0.764. The van der Waals surface area contributed by atoms with Gasteiger partial charge in [0, 0.05) is 12.3 Å². The van der Waals surface area contributed by atoms with E-state index in [0.29, 0.717) is 0 Å². The number of halogens is 3. The molecule has 1 aromatic rings. The second-order valence-electron chi connectivity index (χ2n) is 5.53. The molecule has 1 N–H and O–H groups in total. The van der Waals surface area contributed by atoms with Crippen molar-refractivity contribution in [1.29, 1.82) is 0 Å². The van der Waals surface area contributed by atoms with Crippen molar-refractivity contribution < 1.29 is 23.1 Å². The number of aryl methyl sites for hydroxylation is 2. The molecule has 1 aromatic carbocycles. The second kappa shape index (κ2) is 7.42. The van der Waals surface area contributed by atoms with Crippen molar-refractivity contribution in [3.8, 4) is 0 Å². The maximum Gasteiger partial charge on any atom is 0.490 e. The molecule has 1 unspecified atom stereocenters. The second-order valence-corrected chi connectivity index (χ2v) is 5.53. The lowest BCUT2D eigenvalue weighted by atomic mass is 9.94. The summed E-state index contributed by atoms with van der Waals surface area (Å²) >= 11 is 0. The molecule has 1 atom stereocenters. The lowest BCUT2D eigenvalue weighted by Gasteiger charge is -2.18. The van der Waals surface area contributed by atoms with Crippen molar-refractivity contribution in [2.75, 3.05) is 6.54 Å². The zero-order valence-electron chi connectivity index (χ0n) is 12.9. The zero-order chi connectivity index (χ0) is 16.9. The summed E-state index contributed by atoms with van der Waals surface area (Å²) in [5, 5.41) is 7.12. The summed E-state index contributed by atoms with van der Waals surface area (Å²) in [7, 11) is 0. The molecule has 1 aliphatic heterocycles. The fourth-order valence-electron chi connectivity index (χ4n) is 1.98. The molecule has 0 spiro atoms. The minimum atomic E-state index is -5.08. The number of benzene rings is 1. The summed E-state index contributed by atoms with van der Waals surface area (Å²) < 4.78 is 31.7. The van der Waals surface area contributed by atoms with Gasteiger partial charge in [0.15, 0.2) is 0 Å². The smallest absolute Gasteiger partial charge is 0.475 e. The van der Waals surface area contributed by atoms with Crippen molar-refractivity contribution in [3.05, 3.63) is 34.9 Å². The van der Waals surface area contributed by atoms with E-state index >= 15 is 0 Å². The van der Waals surface area contributed by atoms with Crippen molar-refractivity contribution in [2.24, 2.45) is 10.9 Å². The highest BCUT2D eigenvalue weighted by Gasteiger charge is 2.38. The average molecular weight is 315 g/mol. The molecule has 22 heavy (non-hydrogen) atoms. The molecule has 0 fully saturated rings. The largest absolute Gasteiger partial charge is 0.490 e. The maximum atomic E-state index is 10.6. The van der Waals surface area contributed by atoms with Crippen LogP contribution in [0.15, 0.2) is 23.2 Å². The van der Waals surface area contributed by atoms with Gasteiger partial charge in [0.1, 0.15) is 0 Å². The average Bonchev–Trinajstić information content (AvgIpc) is 2.42. The van der Waals surface area contributed by atoms with Gasteiger partial charge >= 0.3 is 12.1 Å². The summed E-state index contributed by atoms with van der Waals surface area (Å²) in [6.07, 6.45) is -2.66. The third-order valence-corrected chi connectivity index (χ3v) is 3.55. The Morgan fingerprint density at radius 2 is 1.86 bits per heavy atom. The van der Waals surface area contributed by atoms with Gasteiger partial charge in [-0.2, -0.15) is 13.2 Å². The molecule has 0 amide bonds. The van der Waals surface area contributed by atoms with Gasteiger partial charge in [0.2, 0.25) is 0 Å². The summed E-state index contributed by atoms with van der Waals surface area (Å²) in [6.45, 7) is 7.61. The lowest BCUT2D eigenvalue weighted by Crippen LogP contribution is -2.21. The molecule has 0 aromatic heterocycles. The van der Waals surface area contributed by atoms with Crippen LogP contribution in [-0.4, -0.2) is 29.5 Å². The van der Waals surface area contributed by atoms with Crippen LogP contribution in [0.25, 0.3) is 0 Å². The molecule has 3 nitrogen and oxygen atoms in total. The number of rotatable bonds is 1. The van der Waals surface area contributed by atoms with Gasteiger partial charge in [-0.3, -0.25) is 4.99 Å². The molecule has 0 bridgehead atoms. The van der Waals surface area contributed by atoms with Gasteiger partial charge in [-0.05, 0) is 55.4 Å². The molecule has 122 valence electrons. The molecule has 1 heterocycles. The van der Waals surface area contributed by atoms with Gasteiger partial charge in [0.25, 0.3) is 0 Å². The van der Waals surface area contributed by atoms with Crippen LogP contribution < -0.4 is 0 Å². The third-order valence-electron chi connectivity index (χ3n) is 3.55. The number of nitrogens with zero attached hydrogens (tertiary/aromatic N) is 1. The van der Waals surface area contributed by atoms with Crippen LogP contribution in [0.3, 0.4) is 0 Å². The monoisotopic (exact) mass is 315 g/mol. The Morgan fingerprint density at radius 1 is 1.27 bits per heavy atom. The first-order chi connectivity index (χ1) is 10.1. The summed E-state index contributed by atoms with van der Waals surface area (Å²) in [4.78, 5) is 13.6. The van der Waals surface area contributed by atoms with Gasteiger partial charge in [-0.1, -0.05) is 19.1 Å². The fraction of sp³-hybridized carbons (Fsp3) is 0.500. The predicted octanol–water partition coefficient (Wildman–Crippen LogP) is 4.16. The summed E-state index contributed by atoms with van der Waals surface area (Å²) in [5.41, 5.74) is 5.36. The molecule has 0 saturated carbocycles. The molecule has 6 heteroatoms. The van der Waals surface area contributed by atoms with E-state index in [-0.39, 0.29) is 0 Å². The Bertz CT molecular complexity index is 565. The number of hydrogen-bond acceptors (Lipinski definition) is 2. The van der Waals surface area contributed by atoms with Crippen molar-refractivity contribution >= 4 is 11.7 Å². The van der Waals surface area contributed by atoms with Crippen LogP contribution >= 0.6 is 0 Å². The molecule has 0 aliphatic carbocycles. The normalized spacial score (nSPS) is 18.1. The molecular formula is C16H20F3NO2. The molecule has 2 rings (SSSR count). The van der Waals surface area contributed by atoms with Gasteiger partial charge in [0.05, 0.1) is 0 Å². The van der Waals surface area contributed by atoms with Gasteiger partial charge < -0.3 is 5.11 Å².